The van der Waals surface area contributed by atoms with Gasteiger partial charge in [0.2, 0.25) is 0 Å². The number of para-hydroxylation sites is 1. The molecule has 0 spiro atoms. The molecule has 0 aliphatic heterocycles. The lowest BCUT2D eigenvalue weighted by atomic mass is 10.2. The summed E-state index contributed by atoms with van der Waals surface area (Å²) in [4.78, 5) is 0. The Kier molecular flexibility index (Phi) is 3.85. The van der Waals surface area contributed by atoms with E-state index >= 15 is 0 Å². The predicted octanol–water partition coefficient (Wildman–Crippen LogP) is 2.86. The third-order valence-electron chi connectivity index (χ3n) is 2.05. The van der Waals surface area contributed by atoms with Gasteiger partial charge in [-0.3, -0.25) is 0 Å². The standard InChI is InChI=1S/C12H12N2O2S/c1-2-5-9-6-3-4-7-10(9)16-12-14-13-11(8-15)17-12/h2-7,15H,8H2,1H3/b5-2+. The fourth-order valence-electron chi connectivity index (χ4n) is 1.33. The van der Waals surface area contributed by atoms with Crippen molar-refractivity contribution < 1.29 is 9.84 Å². The molecule has 0 atom stereocenters. The molecule has 2 aromatic rings. The molecule has 1 heterocycles. The average molecular weight is 248 g/mol. The van der Waals surface area contributed by atoms with E-state index in [0.717, 1.165) is 11.3 Å². The van der Waals surface area contributed by atoms with Crippen LogP contribution >= 0.6 is 11.3 Å². The number of benzene rings is 1. The second kappa shape index (κ2) is 5.56. The van der Waals surface area contributed by atoms with Crippen molar-refractivity contribution in [2.24, 2.45) is 0 Å². The predicted molar refractivity (Wildman–Crippen MR) is 67.1 cm³/mol. The maximum atomic E-state index is 8.90. The molecule has 0 saturated heterocycles. The minimum atomic E-state index is -0.114. The summed E-state index contributed by atoms with van der Waals surface area (Å²) in [6, 6.07) is 7.68. The van der Waals surface area contributed by atoms with E-state index in [9.17, 15) is 0 Å². The molecule has 17 heavy (non-hydrogen) atoms. The van der Waals surface area contributed by atoms with Crippen molar-refractivity contribution in [3.63, 3.8) is 0 Å². The topological polar surface area (TPSA) is 55.2 Å². The maximum absolute atomic E-state index is 8.90. The first-order valence-corrected chi connectivity index (χ1v) is 5.98. The van der Waals surface area contributed by atoms with Gasteiger partial charge in [-0.15, -0.1) is 5.10 Å². The van der Waals surface area contributed by atoms with Gasteiger partial charge in [0, 0.05) is 5.56 Å². The van der Waals surface area contributed by atoms with Gasteiger partial charge in [-0.1, -0.05) is 46.8 Å². The molecule has 1 aromatic carbocycles. The van der Waals surface area contributed by atoms with Crippen LogP contribution < -0.4 is 4.74 Å². The van der Waals surface area contributed by atoms with Crippen molar-refractivity contribution in [2.45, 2.75) is 13.5 Å². The van der Waals surface area contributed by atoms with Crippen LogP contribution in [0.1, 0.15) is 17.5 Å². The molecule has 0 bridgehead atoms. The zero-order valence-electron chi connectivity index (χ0n) is 9.33. The number of ether oxygens (including phenoxy) is 1. The van der Waals surface area contributed by atoms with Crippen LogP contribution in [0.3, 0.4) is 0 Å². The SMILES string of the molecule is C/C=C/c1ccccc1Oc1nnc(CO)s1. The van der Waals surface area contributed by atoms with Crippen LogP contribution in [-0.4, -0.2) is 15.3 Å². The van der Waals surface area contributed by atoms with E-state index in [2.05, 4.69) is 10.2 Å². The molecule has 88 valence electrons. The number of hydrogen-bond acceptors (Lipinski definition) is 5. The molecule has 0 saturated carbocycles. The van der Waals surface area contributed by atoms with E-state index in [4.69, 9.17) is 9.84 Å². The van der Waals surface area contributed by atoms with Gasteiger partial charge in [0.05, 0.1) is 6.61 Å². The molecule has 0 aliphatic carbocycles. The van der Waals surface area contributed by atoms with Gasteiger partial charge in [0.25, 0.3) is 5.19 Å². The summed E-state index contributed by atoms with van der Waals surface area (Å²) in [5.41, 5.74) is 0.982. The van der Waals surface area contributed by atoms with Crippen molar-refractivity contribution in [2.75, 3.05) is 0 Å². The van der Waals surface area contributed by atoms with E-state index in [-0.39, 0.29) is 6.61 Å². The van der Waals surface area contributed by atoms with Gasteiger partial charge in [-0.25, -0.2) is 0 Å². The van der Waals surface area contributed by atoms with E-state index < -0.39 is 0 Å². The fraction of sp³-hybridized carbons (Fsp3) is 0.167. The van der Waals surface area contributed by atoms with Gasteiger partial charge >= 0.3 is 0 Å². The minimum Gasteiger partial charge on any atom is -0.429 e. The lowest BCUT2D eigenvalue weighted by Crippen LogP contribution is -1.86. The fourth-order valence-corrected chi connectivity index (χ4v) is 1.89. The second-order valence-corrected chi connectivity index (χ2v) is 4.28. The molecule has 1 aromatic heterocycles. The second-order valence-electron chi connectivity index (χ2n) is 3.26. The molecule has 4 nitrogen and oxygen atoms in total. The number of allylic oxidation sites excluding steroid dienone is 1. The summed E-state index contributed by atoms with van der Waals surface area (Å²) < 4.78 is 5.63. The summed E-state index contributed by atoms with van der Waals surface area (Å²) in [6.45, 7) is 1.84. The maximum Gasteiger partial charge on any atom is 0.299 e. The Morgan fingerprint density at radius 1 is 1.35 bits per heavy atom. The van der Waals surface area contributed by atoms with Crippen LogP contribution in [0.2, 0.25) is 0 Å². The molecule has 5 heteroatoms. The highest BCUT2D eigenvalue weighted by Crippen LogP contribution is 2.28. The van der Waals surface area contributed by atoms with Crippen molar-refractivity contribution in [1.29, 1.82) is 0 Å². The molecule has 0 aliphatic rings. The Balaban J connectivity index is 2.23. The Labute approximate surface area is 103 Å². The molecule has 2 rings (SSSR count). The quantitative estimate of drug-likeness (QED) is 0.904. The van der Waals surface area contributed by atoms with E-state index in [1.807, 2.05) is 43.3 Å². The van der Waals surface area contributed by atoms with Crippen LogP contribution in [0, 0.1) is 0 Å². The average Bonchev–Trinajstić information content (AvgIpc) is 2.80. The minimum absolute atomic E-state index is 0.114. The van der Waals surface area contributed by atoms with Crippen LogP contribution in [0.15, 0.2) is 30.3 Å². The molecular formula is C12H12N2O2S. The van der Waals surface area contributed by atoms with Crippen molar-refractivity contribution in [3.05, 3.63) is 40.9 Å². The highest BCUT2D eigenvalue weighted by molar-refractivity contribution is 7.13. The monoisotopic (exact) mass is 248 g/mol. The third-order valence-corrected chi connectivity index (χ3v) is 2.83. The van der Waals surface area contributed by atoms with Gasteiger partial charge in [-0.2, -0.15) is 0 Å². The third kappa shape index (κ3) is 2.89. The van der Waals surface area contributed by atoms with Crippen LogP contribution in [-0.2, 0) is 6.61 Å². The number of rotatable bonds is 4. The van der Waals surface area contributed by atoms with Gasteiger partial charge in [-0.05, 0) is 13.0 Å². The van der Waals surface area contributed by atoms with Crippen molar-refractivity contribution in [1.82, 2.24) is 10.2 Å². The van der Waals surface area contributed by atoms with Gasteiger partial charge in [0.15, 0.2) is 0 Å². The number of aromatic nitrogens is 2. The summed E-state index contributed by atoms with van der Waals surface area (Å²) in [5, 5.41) is 17.5. The van der Waals surface area contributed by atoms with Crippen molar-refractivity contribution >= 4 is 17.4 Å². The van der Waals surface area contributed by atoms with E-state index in [1.54, 1.807) is 0 Å². The highest BCUT2D eigenvalue weighted by Gasteiger charge is 2.07. The Morgan fingerprint density at radius 3 is 2.88 bits per heavy atom. The molecule has 0 fully saturated rings. The first-order chi connectivity index (χ1) is 8.33. The Morgan fingerprint density at radius 2 is 2.18 bits per heavy atom. The Bertz CT molecular complexity index is 523. The summed E-state index contributed by atoms with van der Waals surface area (Å²) in [6.07, 6.45) is 3.91. The zero-order chi connectivity index (χ0) is 12.1. The smallest absolute Gasteiger partial charge is 0.299 e. The van der Waals surface area contributed by atoms with Crippen LogP contribution in [0.5, 0.6) is 10.9 Å². The largest absolute Gasteiger partial charge is 0.429 e. The number of aliphatic hydroxyl groups excluding tert-OH is 1. The number of aliphatic hydroxyl groups is 1. The number of nitrogens with zero attached hydrogens (tertiary/aromatic N) is 2. The lowest BCUT2D eigenvalue weighted by Gasteiger charge is -2.04. The van der Waals surface area contributed by atoms with Crippen LogP contribution in [0.25, 0.3) is 6.08 Å². The van der Waals surface area contributed by atoms with Gasteiger partial charge < -0.3 is 9.84 Å². The summed E-state index contributed by atoms with van der Waals surface area (Å²) in [5.74, 6) is 0.728. The molecular weight excluding hydrogens is 236 g/mol. The lowest BCUT2D eigenvalue weighted by molar-refractivity contribution is 0.280. The van der Waals surface area contributed by atoms with Crippen LogP contribution in [0.4, 0.5) is 0 Å². The van der Waals surface area contributed by atoms with Crippen molar-refractivity contribution in [3.8, 4) is 10.9 Å². The van der Waals surface area contributed by atoms with E-state index in [0.29, 0.717) is 10.2 Å². The zero-order valence-corrected chi connectivity index (χ0v) is 10.1. The number of hydrogen-bond donors (Lipinski definition) is 1. The molecule has 0 amide bonds. The highest BCUT2D eigenvalue weighted by atomic mass is 32.1. The summed E-state index contributed by atoms with van der Waals surface area (Å²) >= 11 is 1.24. The van der Waals surface area contributed by atoms with Gasteiger partial charge in [0.1, 0.15) is 10.8 Å². The Hall–Kier alpha value is -1.72. The molecule has 0 radical (unpaired) electrons. The normalized spacial score (nSPS) is 10.9. The first-order valence-electron chi connectivity index (χ1n) is 5.16. The summed E-state index contributed by atoms with van der Waals surface area (Å²) in [7, 11) is 0. The molecule has 0 unspecified atom stereocenters. The first kappa shape index (κ1) is 11.8. The van der Waals surface area contributed by atoms with E-state index in [1.165, 1.54) is 11.3 Å². The molecule has 1 N–H and O–H groups in total.